The summed E-state index contributed by atoms with van der Waals surface area (Å²) in [6, 6.07) is 7.72. The fourth-order valence-corrected chi connectivity index (χ4v) is 6.61. The number of rotatable bonds is 10. The van der Waals surface area contributed by atoms with E-state index in [4.69, 9.17) is 15.8 Å². The topological polar surface area (TPSA) is 127 Å². The van der Waals surface area contributed by atoms with Crippen molar-refractivity contribution in [1.82, 2.24) is 4.31 Å². The number of nitrogens with zero attached hydrogens (tertiary/aromatic N) is 3. The number of halogens is 1. The van der Waals surface area contributed by atoms with Crippen molar-refractivity contribution >= 4 is 43.1 Å². The molecule has 0 unspecified atom stereocenters. The molecule has 1 heterocycles. The molecule has 0 atom stereocenters. The predicted molar refractivity (Wildman–Crippen MR) is 134 cm³/mol. The van der Waals surface area contributed by atoms with Crippen LogP contribution in [0.5, 0.6) is 0 Å². The van der Waals surface area contributed by atoms with Gasteiger partial charge in [0, 0.05) is 43.3 Å². The van der Waals surface area contributed by atoms with Crippen LogP contribution in [0.4, 0.5) is 11.4 Å². The maximum Gasteiger partial charge on any atom is 0.271 e. The van der Waals surface area contributed by atoms with Crippen molar-refractivity contribution in [2.45, 2.75) is 38.1 Å². The van der Waals surface area contributed by atoms with Gasteiger partial charge in [-0.2, -0.15) is 12.7 Å². The molecule has 192 valence electrons. The molecule has 2 aromatic carbocycles. The summed E-state index contributed by atoms with van der Waals surface area (Å²) in [4.78, 5) is 12.5. The molecule has 0 saturated heterocycles. The van der Waals surface area contributed by atoms with Crippen molar-refractivity contribution in [3.63, 3.8) is 0 Å². The van der Waals surface area contributed by atoms with Crippen molar-refractivity contribution in [2.24, 2.45) is 0 Å². The van der Waals surface area contributed by atoms with E-state index in [1.54, 1.807) is 24.0 Å². The molecule has 0 bridgehead atoms. The Morgan fingerprint density at radius 1 is 1.20 bits per heavy atom. The van der Waals surface area contributed by atoms with Crippen LogP contribution in [0.3, 0.4) is 0 Å². The lowest BCUT2D eigenvalue weighted by Gasteiger charge is -2.32. The third kappa shape index (κ3) is 6.31. The molecule has 3 rings (SSSR count). The van der Waals surface area contributed by atoms with Crippen molar-refractivity contribution < 1.29 is 25.9 Å². The molecule has 13 heteroatoms. The van der Waals surface area contributed by atoms with Gasteiger partial charge in [-0.3, -0.25) is 14.3 Å². The average molecular weight is 546 g/mol. The molecule has 1 aliphatic heterocycles. The minimum absolute atomic E-state index is 0.0839. The van der Waals surface area contributed by atoms with Crippen LogP contribution >= 0.6 is 11.6 Å². The summed E-state index contributed by atoms with van der Waals surface area (Å²) in [7, 11) is -7.84. The zero-order valence-electron chi connectivity index (χ0n) is 19.7. The van der Waals surface area contributed by atoms with E-state index in [1.807, 2.05) is 13.0 Å². The predicted octanol–water partition coefficient (Wildman–Crippen LogP) is 3.50. The number of hydrogen-bond donors (Lipinski definition) is 0. The molecule has 0 radical (unpaired) electrons. The Bertz CT molecular complexity index is 1330. The fourth-order valence-electron chi connectivity index (χ4n) is 4.22. The highest BCUT2D eigenvalue weighted by molar-refractivity contribution is 7.89. The Hall–Kier alpha value is -2.25. The van der Waals surface area contributed by atoms with Gasteiger partial charge in [0.1, 0.15) is 4.90 Å². The summed E-state index contributed by atoms with van der Waals surface area (Å²) >= 11 is 6.28. The van der Waals surface area contributed by atoms with Crippen molar-refractivity contribution in [2.75, 3.05) is 37.4 Å². The zero-order chi connectivity index (χ0) is 26.0. The molecular formula is C22H28ClN3O7S2. The minimum Gasteiger partial charge on any atom is -0.368 e. The van der Waals surface area contributed by atoms with Crippen LogP contribution in [-0.4, -0.2) is 58.6 Å². The Kier molecular flexibility index (Phi) is 8.43. The molecular weight excluding hydrogens is 518 g/mol. The minimum atomic E-state index is -4.16. The van der Waals surface area contributed by atoms with E-state index in [-0.39, 0.29) is 36.8 Å². The first-order chi connectivity index (χ1) is 16.3. The molecule has 0 spiro atoms. The number of fused-ring (bicyclic) bond motifs is 1. The zero-order valence-corrected chi connectivity index (χ0v) is 22.1. The monoisotopic (exact) mass is 545 g/mol. The summed E-state index contributed by atoms with van der Waals surface area (Å²) < 4.78 is 56.8. The van der Waals surface area contributed by atoms with Gasteiger partial charge in [-0.15, -0.1) is 0 Å². The average Bonchev–Trinajstić information content (AvgIpc) is 2.77. The van der Waals surface area contributed by atoms with Crippen LogP contribution in [-0.2, 0) is 37.3 Å². The Labute approximate surface area is 210 Å². The third-order valence-corrected chi connectivity index (χ3v) is 8.53. The highest BCUT2D eigenvalue weighted by atomic mass is 35.5. The van der Waals surface area contributed by atoms with Gasteiger partial charge in [0.05, 0.1) is 23.5 Å². The fraction of sp³-hybridized carbons (Fsp3) is 0.455. The first kappa shape index (κ1) is 27.3. The van der Waals surface area contributed by atoms with Crippen LogP contribution in [0.15, 0.2) is 35.2 Å². The van der Waals surface area contributed by atoms with E-state index < -0.39 is 25.1 Å². The Balaban J connectivity index is 2.09. The van der Waals surface area contributed by atoms with Gasteiger partial charge >= 0.3 is 0 Å². The van der Waals surface area contributed by atoms with E-state index in [2.05, 4.69) is 0 Å². The first-order valence-electron chi connectivity index (χ1n) is 11.0. The lowest BCUT2D eigenvalue weighted by atomic mass is 10.0. The van der Waals surface area contributed by atoms with Gasteiger partial charge in [-0.05, 0) is 42.5 Å². The summed E-state index contributed by atoms with van der Waals surface area (Å²) in [6.07, 6.45) is 1.98. The molecule has 10 nitrogen and oxygen atoms in total. The molecule has 0 amide bonds. The number of aryl methyl sites for hydroxylation is 1. The van der Waals surface area contributed by atoms with Gasteiger partial charge < -0.3 is 4.90 Å². The van der Waals surface area contributed by atoms with Gasteiger partial charge in [0.2, 0.25) is 10.0 Å². The maximum absolute atomic E-state index is 13.9. The van der Waals surface area contributed by atoms with E-state index in [1.165, 1.54) is 10.4 Å². The van der Waals surface area contributed by atoms with Gasteiger partial charge in [-0.1, -0.05) is 30.7 Å². The molecule has 0 aromatic heterocycles. The van der Waals surface area contributed by atoms with E-state index in [9.17, 15) is 26.9 Å². The number of nitro groups is 1. The Morgan fingerprint density at radius 3 is 2.54 bits per heavy atom. The number of nitro benzene ring substituents is 1. The number of benzene rings is 2. The number of sulfonamides is 1. The summed E-state index contributed by atoms with van der Waals surface area (Å²) in [6.45, 7) is 4.05. The van der Waals surface area contributed by atoms with Crippen LogP contribution in [0, 0.1) is 17.0 Å². The number of anilines is 1. The molecule has 0 aliphatic carbocycles. The third-order valence-electron chi connectivity index (χ3n) is 5.72. The van der Waals surface area contributed by atoms with Crippen LogP contribution in [0.2, 0.25) is 5.02 Å². The SMILES string of the molecule is CCCN(CCOS(C)(=O)=O)c1c(C)cc([N+](=O)[O-])cc1S(=O)(=O)N1CCc2c(Cl)cccc2C1. The van der Waals surface area contributed by atoms with Crippen molar-refractivity contribution in [3.05, 3.63) is 62.2 Å². The highest BCUT2D eigenvalue weighted by Crippen LogP contribution is 2.37. The second-order valence-electron chi connectivity index (χ2n) is 8.35. The van der Waals surface area contributed by atoms with Gasteiger partial charge in [0.25, 0.3) is 15.8 Å². The van der Waals surface area contributed by atoms with E-state index >= 15 is 0 Å². The highest BCUT2D eigenvalue weighted by Gasteiger charge is 2.34. The van der Waals surface area contributed by atoms with Gasteiger partial charge in [0.15, 0.2) is 0 Å². The summed E-state index contributed by atoms with van der Waals surface area (Å²) in [5, 5.41) is 12.2. The molecule has 35 heavy (non-hydrogen) atoms. The number of hydrogen-bond acceptors (Lipinski definition) is 8. The number of non-ortho nitro benzene ring substituents is 1. The largest absolute Gasteiger partial charge is 0.368 e. The van der Waals surface area contributed by atoms with E-state index in [0.717, 1.165) is 23.4 Å². The molecule has 0 fully saturated rings. The second-order valence-corrected chi connectivity index (χ2v) is 12.3. The lowest BCUT2D eigenvalue weighted by molar-refractivity contribution is -0.385. The molecule has 1 aliphatic rings. The Morgan fingerprint density at radius 2 is 1.91 bits per heavy atom. The van der Waals surface area contributed by atoms with Crippen molar-refractivity contribution in [1.29, 1.82) is 0 Å². The maximum atomic E-state index is 13.9. The molecule has 2 aromatic rings. The summed E-state index contributed by atoms with van der Waals surface area (Å²) in [5.41, 5.74) is 2.02. The van der Waals surface area contributed by atoms with Crippen LogP contribution in [0.1, 0.15) is 30.0 Å². The van der Waals surface area contributed by atoms with Gasteiger partial charge in [-0.25, -0.2) is 8.42 Å². The molecule has 0 N–H and O–H groups in total. The standard InChI is InChI=1S/C22H28ClN3O7S2/c1-4-9-24(11-12-33-34(3,29)30)22-16(2)13-18(26(27)28)14-21(22)35(31,32)25-10-8-19-17(15-25)6-5-7-20(19)23/h5-7,13-14H,4,8-12,15H2,1-3H3. The van der Waals surface area contributed by atoms with Crippen molar-refractivity contribution in [3.8, 4) is 0 Å². The van der Waals surface area contributed by atoms with Crippen LogP contribution in [0.25, 0.3) is 0 Å². The van der Waals surface area contributed by atoms with Crippen LogP contribution < -0.4 is 4.90 Å². The summed E-state index contributed by atoms with van der Waals surface area (Å²) in [5.74, 6) is 0. The lowest BCUT2D eigenvalue weighted by Crippen LogP contribution is -2.38. The molecule has 0 saturated carbocycles. The first-order valence-corrected chi connectivity index (χ1v) is 14.6. The smallest absolute Gasteiger partial charge is 0.271 e. The quantitative estimate of drug-likeness (QED) is 0.252. The van der Waals surface area contributed by atoms with E-state index in [0.29, 0.717) is 35.7 Å². The second kappa shape index (κ2) is 10.8. The normalized spacial score (nSPS) is 14.5.